The van der Waals surface area contributed by atoms with Gasteiger partial charge in [0.2, 0.25) is 0 Å². The number of nitrogens with zero attached hydrogens (tertiary/aromatic N) is 1. The number of amides is 1. The summed E-state index contributed by atoms with van der Waals surface area (Å²) in [6, 6.07) is 8.33. The van der Waals surface area contributed by atoms with Gasteiger partial charge in [0.1, 0.15) is 18.1 Å². The minimum atomic E-state index is -0.326. The molecule has 0 radical (unpaired) electrons. The molecule has 1 aromatic carbocycles. The Bertz CT molecular complexity index is 638. The molecule has 0 spiro atoms. The lowest BCUT2D eigenvalue weighted by Gasteiger charge is -2.06. The largest absolute Gasteiger partial charge is 0.469 e. The van der Waals surface area contributed by atoms with E-state index in [2.05, 4.69) is 5.32 Å². The van der Waals surface area contributed by atoms with E-state index in [9.17, 15) is 4.79 Å². The van der Waals surface area contributed by atoms with Gasteiger partial charge in [-0.15, -0.1) is 0 Å². The highest BCUT2D eigenvalue weighted by Crippen LogP contribution is 2.19. The molecule has 5 nitrogen and oxygen atoms in total. The predicted molar refractivity (Wildman–Crippen MR) is 67.0 cm³/mol. The first kappa shape index (κ1) is 11.7. The number of nitrogen functional groups attached to an aromatic ring is 1. The molecule has 0 aliphatic rings. The zero-order chi connectivity index (χ0) is 13.1. The van der Waals surface area contributed by atoms with Gasteiger partial charge in [-0.2, -0.15) is 5.26 Å². The molecule has 0 aliphatic carbocycles. The fourth-order valence-electron chi connectivity index (χ4n) is 1.52. The van der Waals surface area contributed by atoms with Crippen molar-refractivity contribution in [3.8, 4) is 6.07 Å². The minimum absolute atomic E-state index is 0.323. The van der Waals surface area contributed by atoms with Crippen molar-refractivity contribution in [2.75, 3.05) is 11.1 Å². The summed E-state index contributed by atoms with van der Waals surface area (Å²) < 4.78 is 5.05. The molecule has 90 valence electrons. The second-order valence-corrected chi connectivity index (χ2v) is 3.82. The summed E-state index contributed by atoms with van der Waals surface area (Å²) in [6.07, 6.45) is 1.37. The van der Waals surface area contributed by atoms with Crippen LogP contribution in [0.2, 0.25) is 0 Å². The molecule has 0 unspecified atom stereocenters. The SMILES string of the molecule is Cc1cc(C(=O)Nc2ccc(N)cc2C#N)co1. The molecule has 18 heavy (non-hydrogen) atoms. The van der Waals surface area contributed by atoms with Crippen LogP contribution in [0.25, 0.3) is 0 Å². The van der Waals surface area contributed by atoms with Crippen molar-refractivity contribution < 1.29 is 9.21 Å². The van der Waals surface area contributed by atoms with Crippen LogP contribution in [0.15, 0.2) is 34.9 Å². The van der Waals surface area contributed by atoms with Gasteiger partial charge in [0, 0.05) is 5.69 Å². The number of carbonyl (C=O) groups excluding carboxylic acids is 1. The Morgan fingerprint density at radius 3 is 2.83 bits per heavy atom. The fraction of sp³-hybridized carbons (Fsp3) is 0.0769. The van der Waals surface area contributed by atoms with Gasteiger partial charge in [0.25, 0.3) is 5.91 Å². The average molecular weight is 241 g/mol. The van der Waals surface area contributed by atoms with E-state index in [4.69, 9.17) is 15.4 Å². The maximum atomic E-state index is 11.9. The molecule has 1 aromatic heterocycles. The summed E-state index contributed by atoms with van der Waals surface area (Å²) >= 11 is 0. The Hall–Kier alpha value is -2.74. The van der Waals surface area contributed by atoms with Crippen LogP contribution in [-0.4, -0.2) is 5.91 Å². The van der Waals surface area contributed by atoms with Crippen molar-refractivity contribution in [2.45, 2.75) is 6.92 Å². The molecule has 0 saturated carbocycles. The van der Waals surface area contributed by atoms with Crippen LogP contribution in [0, 0.1) is 18.3 Å². The van der Waals surface area contributed by atoms with E-state index in [1.54, 1.807) is 25.1 Å². The number of hydrogen-bond acceptors (Lipinski definition) is 4. The van der Waals surface area contributed by atoms with Crippen molar-refractivity contribution in [2.24, 2.45) is 0 Å². The number of rotatable bonds is 2. The second kappa shape index (κ2) is 4.63. The van der Waals surface area contributed by atoms with Gasteiger partial charge in [-0.25, -0.2) is 0 Å². The van der Waals surface area contributed by atoms with Crippen molar-refractivity contribution in [1.82, 2.24) is 0 Å². The lowest BCUT2D eigenvalue weighted by atomic mass is 10.1. The Balaban J connectivity index is 2.25. The van der Waals surface area contributed by atoms with Gasteiger partial charge in [0.15, 0.2) is 0 Å². The van der Waals surface area contributed by atoms with Crippen LogP contribution in [0.4, 0.5) is 11.4 Å². The monoisotopic (exact) mass is 241 g/mol. The van der Waals surface area contributed by atoms with E-state index >= 15 is 0 Å². The number of aryl methyl sites for hydroxylation is 1. The summed E-state index contributed by atoms with van der Waals surface area (Å²) in [5, 5.41) is 11.6. The van der Waals surface area contributed by atoms with E-state index < -0.39 is 0 Å². The first-order chi connectivity index (χ1) is 8.60. The smallest absolute Gasteiger partial charge is 0.258 e. The lowest BCUT2D eigenvalue weighted by molar-refractivity contribution is 0.102. The van der Waals surface area contributed by atoms with Crippen molar-refractivity contribution in [1.29, 1.82) is 5.26 Å². The third kappa shape index (κ3) is 2.33. The molecule has 1 amide bonds. The molecule has 0 atom stereocenters. The lowest BCUT2D eigenvalue weighted by Crippen LogP contribution is -2.12. The number of anilines is 2. The first-order valence-electron chi connectivity index (χ1n) is 5.26. The third-order valence-corrected chi connectivity index (χ3v) is 2.41. The Morgan fingerprint density at radius 2 is 2.22 bits per heavy atom. The Labute approximate surface area is 104 Å². The summed E-state index contributed by atoms with van der Waals surface area (Å²) in [7, 11) is 0. The van der Waals surface area contributed by atoms with Crippen LogP contribution in [0.3, 0.4) is 0 Å². The number of furan rings is 1. The van der Waals surface area contributed by atoms with Crippen LogP contribution in [0.1, 0.15) is 21.7 Å². The predicted octanol–water partition coefficient (Wildman–Crippen LogP) is 2.29. The van der Waals surface area contributed by atoms with Gasteiger partial charge in [-0.3, -0.25) is 4.79 Å². The number of nitrogens with two attached hydrogens (primary N) is 1. The number of nitriles is 1. The van der Waals surface area contributed by atoms with Gasteiger partial charge in [-0.1, -0.05) is 0 Å². The maximum Gasteiger partial charge on any atom is 0.258 e. The number of hydrogen-bond donors (Lipinski definition) is 2. The molecule has 3 N–H and O–H groups in total. The highest BCUT2D eigenvalue weighted by molar-refractivity contribution is 6.04. The molecule has 0 saturated heterocycles. The molecular formula is C13H11N3O2. The topological polar surface area (TPSA) is 92.0 Å². The van der Waals surface area contributed by atoms with Gasteiger partial charge in [-0.05, 0) is 31.2 Å². The summed E-state index contributed by atoms with van der Waals surface area (Å²) in [5.41, 5.74) is 7.20. The van der Waals surface area contributed by atoms with E-state index in [0.717, 1.165) is 0 Å². The van der Waals surface area contributed by atoms with E-state index in [1.807, 2.05) is 6.07 Å². The standard InChI is InChI=1S/C13H11N3O2/c1-8-4-10(7-18-8)13(17)16-12-3-2-11(15)5-9(12)6-14/h2-5,7H,15H2,1H3,(H,16,17). The maximum absolute atomic E-state index is 11.9. The highest BCUT2D eigenvalue weighted by atomic mass is 16.3. The van der Waals surface area contributed by atoms with E-state index in [1.165, 1.54) is 12.3 Å². The van der Waals surface area contributed by atoms with Crippen molar-refractivity contribution in [3.05, 3.63) is 47.4 Å². The van der Waals surface area contributed by atoms with Gasteiger partial charge < -0.3 is 15.5 Å². The van der Waals surface area contributed by atoms with Crippen LogP contribution < -0.4 is 11.1 Å². The van der Waals surface area contributed by atoms with Crippen molar-refractivity contribution >= 4 is 17.3 Å². The zero-order valence-corrected chi connectivity index (χ0v) is 9.73. The molecule has 0 bridgehead atoms. The number of benzene rings is 1. The van der Waals surface area contributed by atoms with Crippen LogP contribution in [-0.2, 0) is 0 Å². The third-order valence-electron chi connectivity index (χ3n) is 2.41. The van der Waals surface area contributed by atoms with Crippen LogP contribution in [0.5, 0.6) is 0 Å². The quantitative estimate of drug-likeness (QED) is 0.789. The van der Waals surface area contributed by atoms with Crippen molar-refractivity contribution in [3.63, 3.8) is 0 Å². The summed E-state index contributed by atoms with van der Waals surface area (Å²) in [6.45, 7) is 1.75. The number of nitrogens with one attached hydrogen (secondary N) is 1. The number of carbonyl (C=O) groups is 1. The summed E-state index contributed by atoms with van der Waals surface area (Å²) in [5.74, 6) is 0.325. The first-order valence-corrected chi connectivity index (χ1v) is 5.26. The molecule has 2 rings (SSSR count). The Morgan fingerprint density at radius 1 is 1.44 bits per heavy atom. The second-order valence-electron chi connectivity index (χ2n) is 3.82. The molecule has 0 aliphatic heterocycles. The zero-order valence-electron chi connectivity index (χ0n) is 9.73. The van der Waals surface area contributed by atoms with E-state index in [0.29, 0.717) is 28.3 Å². The molecule has 1 heterocycles. The highest BCUT2D eigenvalue weighted by Gasteiger charge is 2.11. The van der Waals surface area contributed by atoms with Crippen LogP contribution >= 0.6 is 0 Å². The van der Waals surface area contributed by atoms with E-state index in [-0.39, 0.29) is 5.91 Å². The van der Waals surface area contributed by atoms with Gasteiger partial charge in [0.05, 0.1) is 16.8 Å². The normalized spacial score (nSPS) is 9.78. The fourth-order valence-corrected chi connectivity index (χ4v) is 1.52. The average Bonchev–Trinajstić information content (AvgIpc) is 2.78. The molecule has 5 heteroatoms. The minimum Gasteiger partial charge on any atom is -0.469 e. The molecule has 2 aromatic rings. The molecule has 0 fully saturated rings. The molecular weight excluding hydrogens is 230 g/mol. The Kier molecular flexibility index (Phi) is 3.02. The van der Waals surface area contributed by atoms with Gasteiger partial charge >= 0.3 is 0 Å². The summed E-state index contributed by atoms with van der Waals surface area (Å²) in [4.78, 5) is 11.9.